The van der Waals surface area contributed by atoms with Gasteiger partial charge in [0.05, 0.1) is 18.7 Å². The second-order valence-corrected chi connectivity index (χ2v) is 5.19. The summed E-state index contributed by atoms with van der Waals surface area (Å²) in [6.45, 7) is 0.322. The van der Waals surface area contributed by atoms with Crippen molar-refractivity contribution in [2.24, 2.45) is 5.18 Å². The summed E-state index contributed by atoms with van der Waals surface area (Å²) in [7, 11) is -0.317. The van der Waals surface area contributed by atoms with Gasteiger partial charge in [-0.15, -0.1) is 7.92 Å². The van der Waals surface area contributed by atoms with Crippen molar-refractivity contribution in [1.82, 2.24) is 0 Å². The Labute approximate surface area is 79.3 Å². The zero-order chi connectivity index (χ0) is 9.94. The summed E-state index contributed by atoms with van der Waals surface area (Å²) in [6, 6.07) is 4.15. The first kappa shape index (κ1) is 12.0. The summed E-state index contributed by atoms with van der Waals surface area (Å²) in [5.41, 5.74) is 0. The van der Waals surface area contributed by atoms with Crippen LogP contribution in [0.1, 0.15) is 12.8 Å². The molecule has 0 N–H and O–H groups in total. The molecular formula is C8H12N3OP. The van der Waals surface area contributed by atoms with E-state index in [-0.39, 0.29) is 7.92 Å². The predicted molar refractivity (Wildman–Crippen MR) is 52.6 cm³/mol. The molecule has 0 heterocycles. The molecule has 0 bridgehead atoms. The molecule has 0 radical (unpaired) electrons. The standard InChI is InChI=1S/C8H12N3OP/c9-3-1-6-13(7-2-4-10)8-5-11-12/h1-2,5-8H2. The van der Waals surface area contributed by atoms with E-state index in [0.29, 0.717) is 19.4 Å². The van der Waals surface area contributed by atoms with Gasteiger partial charge in [0.15, 0.2) is 0 Å². The quantitative estimate of drug-likeness (QED) is 0.463. The number of nitriles is 2. The Hall–Kier alpha value is -0.990. The van der Waals surface area contributed by atoms with Crippen LogP contribution in [0.25, 0.3) is 0 Å². The van der Waals surface area contributed by atoms with Crippen molar-refractivity contribution in [3.8, 4) is 12.1 Å². The molecule has 4 nitrogen and oxygen atoms in total. The van der Waals surface area contributed by atoms with Crippen LogP contribution in [0.2, 0.25) is 0 Å². The van der Waals surface area contributed by atoms with Gasteiger partial charge in [-0.2, -0.15) is 15.4 Å². The van der Waals surface area contributed by atoms with Crippen LogP contribution < -0.4 is 0 Å². The van der Waals surface area contributed by atoms with E-state index in [1.807, 2.05) is 0 Å². The molecular weight excluding hydrogens is 185 g/mol. The molecule has 0 atom stereocenters. The average Bonchev–Trinajstić information content (AvgIpc) is 2.17. The van der Waals surface area contributed by atoms with Gasteiger partial charge in [0.2, 0.25) is 0 Å². The zero-order valence-corrected chi connectivity index (χ0v) is 8.33. The third kappa shape index (κ3) is 7.37. The van der Waals surface area contributed by atoms with Crippen LogP contribution in [0.5, 0.6) is 0 Å². The van der Waals surface area contributed by atoms with Crippen LogP contribution in [0, 0.1) is 27.6 Å². The number of hydrogen-bond acceptors (Lipinski definition) is 4. The molecule has 0 aromatic carbocycles. The van der Waals surface area contributed by atoms with Crippen LogP contribution >= 0.6 is 7.92 Å². The van der Waals surface area contributed by atoms with Crippen LogP contribution in [-0.2, 0) is 0 Å². The predicted octanol–water partition coefficient (Wildman–Crippen LogP) is 2.06. The van der Waals surface area contributed by atoms with E-state index in [2.05, 4.69) is 17.3 Å². The lowest BCUT2D eigenvalue weighted by molar-refractivity contribution is 1.09. The summed E-state index contributed by atoms with van der Waals surface area (Å²) in [5.74, 6) is 0. The zero-order valence-electron chi connectivity index (χ0n) is 7.44. The molecule has 0 unspecified atom stereocenters. The molecule has 0 aliphatic rings. The molecule has 0 aliphatic heterocycles. The van der Waals surface area contributed by atoms with Crippen LogP contribution in [0.15, 0.2) is 5.18 Å². The molecule has 0 aliphatic carbocycles. The summed E-state index contributed by atoms with van der Waals surface area (Å²) in [6.07, 6.45) is 3.49. The summed E-state index contributed by atoms with van der Waals surface area (Å²) < 4.78 is 0. The van der Waals surface area contributed by atoms with Crippen molar-refractivity contribution < 1.29 is 0 Å². The van der Waals surface area contributed by atoms with Gasteiger partial charge in [-0.3, -0.25) is 0 Å². The minimum Gasteiger partial charge on any atom is -0.198 e. The number of rotatable bonds is 7. The SMILES string of the molecule is N#CCCP(CCC#N)CCN=O. The van der Waals surface area contributed by atoms with Crippen LogP contribution in [0.3, 0.4) is 0 Å². The Balaban J connectivity index is 3.68. The van der Waals surface area contributed by atoms with E-state index in [4.69, 9.17) is 10.5 Å². The third-order valence-corrected chi connectivity index (χ3v) is 4.13. The maximum atomic E-state index is 9.89. The van der Waals surface area contributed by atoms with E-state index in [9.17, 15) is 4.91 Å². The van der Waals surface area contributed by atoms with Gasteiger partial charge in [-0.05, 0) is 18.5 Å². The molecule has 0 spiro atoms. The van der Waals surface area contributed by atoms with Gasteiger partial charge in [-0.1, -0.05) is 5.18 Å². The molecule has 0 saturated heterocycles. The van der Waals surface area contributed by atoms with E-state index < -0.39 is 0 Å². The maximum Gasteiger partial charge on any atom is 0.0850 e. The molecule has 0 aromatic rings. The molecule has 0 aromatic heterocycles. The van der Waals surface area contributed by atoms with Gasteiger partial charge in [0, 0.05) is 12.8 Å². The third-order valence-electron chi connectivity index (χ3n) is 1.59. The van der Waals surface area contributed by atoms with E-state index in [1.54, 1.807) is 0 Å². The van der Waals surface area contributed by atoms with Gasteiger partial charge < -0.3 is 0 Å². The molecule has 0 saturated carbocycles. The van der Waals surface area contributed by atoms with Crippen molar-refractivity contribution in [2.45, 2.75) is 12.8 Å². The fourth-order valence-electron chi connectivity index (χ4n) is 0.934. The van der Waals surface area contributed by atoms with E-state index in [0.717, 1.165) is 18.5 Å². The first-order valence-electron chi connectivity index (χ1n) is 4.10. The lowest BCUT2D eigenvalue weighted by Crippen LogP contribution is -1.97. The largest absolute Gasteiger partial charge is 0.198 e. The molecule has 0 amide bonds. The number of nitrogens with zero attached hydrogens (tertiary/aromatic N) is 3. The monoisotopic (exact) mass is 197 g/mol. The minimum atomic E-state index is -0.317. The number of nitroso groups, excluding NO2 is 1. The van der Waals surface area contributed by atoms with Gasteiger partial charge in [0.25, 0.3) is 0 Å². The molecule has 0 rings (SSSR count). The van der Waals surface area contributed by atoms with Crippen molar-refractivity contribution in [2.75, 3.05) is 25.0 Å². The van der Waals surface area contributed by atoms with E-state index in [1.165, 1.54) is 0 Å². The van der Waals surface area contributed by atoms with E-state index >= 15 is 0 Å². The van der Waals surface area contributed by atoms with Crippen molar-refractivity contribution >= 4 is 7.92 Å². The van der Waals surface area contributed by atoms with Crippen molar-refractivity contribution in [1.29, 1.82) is 10.5 Å². The maximum absolute atomic E-state index is 9.89. The highest BCUT2D eigenvalue weighted by Gasteiger charge is 2.06. The first-order chi connectivity index (χ1) is 6.35. The normalized spacial score (nSPS) is 9.15. The van der Waals surface area contributed by atoms with Gasteiger partial charge >= 0.3 is 0 Å². The van der Waals surface area contributed by atoms with Gasteiger partial charge in [-0.25, -0.2) is 0 Å². The molecule has 70 valence electrons. The Bertz CT molecular complexity index is 200. The fraction of sp³-hybridized carbons (Fsp3) is 0.750. The number of hydrogen-bond donors (Lipinski definition) is 0. The smallest absolute Gasteiger partial charge is 0.0850 e. The second-order valence-electron chi connectivity index (χ2n) is 2.51. The summed E-state index contributed by atoms with van der Waals surface area (Å²) in [5, 5.41) is 19.5. The average molecular weight is 197 g/mol. The fourth-order valence-corrected chi connectivity index (χ4v) is 2.80. The molecule has 5 heteroatoms. The Morgan fingerprint density at radius 3 is 2.00 bits per heavy atom. The second kappa shape index (κ2) is 9.10. The summed E-state index contributed by atoms with van der Waals surface area (Å²) in [4.78, 5) is 9.89. The topological polar surface area (TPSA) is 77.0 Å². The van der Waals surface area contributed by atoms with Gasteiger partial charge in [0.1, 0.15) is 0 Å². The highest BCUT2D eigenvalue weighted by Crippen LogP contribution is 2.36. The first-order valence-corrected chi connectivity index (χ1v) is 6.00. The Morgan fingerprint density at radius 2 is 1.62 bits per heavy atom. The van der Waals surface area contributed by atoms with Crippen LogP contribution in [-0.4, -0.2) is 25.0 Å². The Morgan fingerprint density at radius 1 is 1.08 bits per heavy atom. The molecule has 0 fully saturated rings. The minimum absolute atomic E-state index is 0.317. The van der Waals surface area contributed by atoms with Crippen molar-refractivity contribution in [3.05, 3.63) is 4.91 Å². The lowest BCUT2D eigenvalue weighted by atomic mass is 10.5. The highest BCUT2D eigenvalue weighted by atomic mass is 31.1. The summed E-state index contributed by atoms with van der Waals surface area (Å²) >= 11 is 0. The Kier molecular flexibility index (Phi) is 8.41. The van der Waals surface area contributed by atoms with Crippen LogP contribution in [0.4, 0.5) is 0 Å². The molecule has 13 heavy (non-hydrogen) atoms. The van der Waals surface area contributed by atoms with Crippen molar-refractivity contribution in [3.63, 3.8) is 0 Å². The lowest BCUT2D eigenvalue weighted by Gasteiger charge is -2.11. The highest BCUT2D eigenvalue weighted by molar-refractivity contribution is 7.57.